The average Bonchev–Trinajstić information content (AvgIpc) is 1.97. The molecular weight excluding hydrogens is 232 g/mol. The Morgan fingerprint density at radius 3 is 2.67 bits per heavy atom. The summed E-state index contributed by atoms with van der Waals surface area (Å²) in [5.74, 6) is -0.663. The topological polar surface area (TPSA) is 96.2 Å². The van der Waals surface area contributed by atoms with Gasteiger partial charge < -0.3 is 10.1 Å². The summed E-state index contributed by atoms with van der Waals surface area (Å²) in [6, 6.07) is 0. The third-order valence-corrected chi connectivity index (χ3v) is 1.78. The number of aromatic amines is 1. The van der Waals surface area contributed by atoms with Gasteiger partial charge in [0.1, 0.15) is 0 Å². The van der Waals surface area contributed by atoms with Gasteiger partial charge in [-0.2, -0.15) is 0 Å². The maximum Gasteiger partial charge on any atom is 0.376 e. The Hall–Kier alpha value is -1.37. The van der Waals surface area contributed by atoms with E-state index in [1.54, 1.807) is 0 Å². The molecule has 1 rings (SSSR count). The van der Waals surface area contributed by atoms with Crippen molar-refractivity contribution in [3.63, 3.8) is 0 Å². The van der Waals surface area contributed by atoms with E-state index in [1.165, 1.54) is 0 Å². The smallest absolute Gasteiger partial charge is 0.376 e. The van der Waals surface area contributed by atoms with E-state index in [0.717, 1.165) is 6.20 Å². The Bertz CT molecular complexity index is 386. The van der Waals surface area contributed by atoms with Crippen molar-refractivity contribution in [1.29, 1.82) is 0 Å². The lowest BCUT2D eigenvalue weighted by atomic mass is 10.4. The zero-order valence-corrected chi connectivity index (χ0v) is 7.16. The Morgan fingerprint density at radius 2 is 2.25 bits per heavy atom. The van der Waals surface area contributed by atoms with Gasteiger partial charge in [0, 0.05) is 6.20 Å². The number of nitrogens with zero attached hydrogens (tertiary/aromatic N) is 1. The number of hydrogen-bond donors (Lipinski definition) is 2. The van der Waals surface area contributed by atoms with Crippen LogP contribution in [0.15, 0.2) is 15.5 Å². The average molecular weight is 235 g/mol. The quantitative estimate of drug-likeness (QED) is 0.554. The van der Waals surface area contributed by atoms with Crippen molar-refractivity contribution in [3.05, 3.63) is 31.1 Å². The Kier molecular flexibility index (Phi) is 2.13. The van der Waals surface area contributed by atoms with Gasteiger partial charge in [-0.15, -0.1) is 0 Å². The molecule has 0 aliphatic carbocycles. The van der Waals surface area contributed by atoms with E-state index >= 15 is 0 Å². The fraction of sp³-hybridized carbons (Fsp3) is 0. The summed E-state index contributed by atoms with van der Waals surface area (Å²) in [5, 5.41) is 19.2. The van der Waals surface area contributed by atoms with E-state index in [2.05, 4.69) is 20.9 Å². The van der Waals surface area contributed by atoms with Gasteiger partial charge >= 0.3 is 11.2 Å². The zero-order chi connectivity index (χ0) is 9.30. The van der Waals surface area contributed by atoms with Crippen LogP contribution in [0.2, 0.25) is 0 Å². The Balaban J connectivity index is 3.54. The molecule has 0 amide bonds. The first-order valence-electron chi connectivity index (χ1n) is 2.78. The molecule has 1 aromatic heterocycles. The highest BCUT2D eigenvalue weighted by Gasteiger charge is 2.20. The summed E-state index contributed by atoms with van der Waals surface area (Å²) in [6.45, 7) is 0. The van der Waals surface area contributed by atoms with Gasteiger partial charge in [-0.25, -0.2) is 0 Å². The van der Waals surface area contributed by atoms with Crippen LogP contribution >= 0.6 is 15.9 Å². The Morgan fingerprint density at radius 1 is 1.67 bits per heavy atom. The van der Waals surface area contributed by atoms with Crippen LogP contribution in [-0.4, -0.2) is 15.0 Å². The molecule has 1 aromatic rings. The summed E-state index contributed by atoms with van der Waals surface area (Å²) in [7, 11) is 0. The van der Waals surface area contributed by atoms with Gasteiger partial charge in [-0.3, -0.25) is 14.9 Å². The summed E-state index contributed by atoms with van der Waals surface area (Å²) in [6.07, 6.45) is 1.13. The van der Waals surface area contributed by atoms with Gasteiger partial charge in [0.15, 0.2) is 0 Å². The normalized spacial score (nSPS) is 9.75. The molecule has 64 valence electrons. The summed E-state index contributed by atoms with van der Waals surface area (Å²) in [4.78, 5) is 22.1. The second-order valence-electron chi connectivity index (χ2n) is 1.92. The van der Waals surface area contributed by atoms with Crippen LogP contribution in [-0.2, 0) is 0 Å². The molecule has 0 aliphatic rings. The monoisotopic (exact) mass is 234 g/mol. The molecule has 0 aliphatic heterocycles. The molecule has 6 nitrogen and oxygen atoms in total. The van der Waals surface area contributed by atoms with E-state index in [0.29, 0.717) is 0 Å². The zero-order valence-electron chi connectivity index (χ0n) is 5.57. The maximum atomic E-state index is 10.8. The van der Waals surface area contributed by atoms with Gasteiger partial charge in [-0.1, -0.05) is 0 Å². The van der Waals surface area contributed by atoms with Gasteiger partial charge in [0.05, 0.1) is 9.40 Å². The molecule has 0 saturated carbocycles. The number of nitro groups is 1. The first kappa shape index (κ1) is 8.72. The number of aromatic hydroxyl groups is 1. The van der Waals surface area contributed by atoms with E-state index in [-0.39, 0.29) is 4.47 Å². The molecular formula is C5H3BrN2O4. The van der Waals surface area contributed by atoms with Crippen LogP contribution in [0.3, 0.4) is 0 Å². The fourth-order valence-electron chi connectivity index (χ4n) is 0.656. The van der Waals surface area contributed by atoms with Crippen molar-refractivity contribution in [2.75, 3.05) is 0 Å². The summed E-state index contributed by atoms with van der Waals surface area (Å²) in [5.41, 5.74) is -1.79. The van der Waals surface area contributed by atoms with Crippen molar-refractivity contribution in [2.45, 2.75) is 0 Å². The molecule has 0 saturated heterocycles. The third kappa shape index (κ3) is 1.30. The number of H-pyrrole nitrogens is 1. The highest BCUT2D eigenvalue weighted by atomic mass is 79.9. The van der Waals surface area contributed by atoms with Crippen molar-refractivity contribution in [3.8, 4) is 5.75 Å². The summed E-state index contributed by atoms with van der Waals surface area (Å²) >= 11 is 2.82. The number of aromatic nitrogens is 1. The molecule has 7 heteroatoms. The first-order valence-corrected chi connectivity index (χ1v) is 3.58. The van der Waals surface area contributed by atoms with Gasteiger partial charge in [-0.05, 0) is 15.9 Å². The van der Waals surface area contributed by atoms with Crippen LogP contribution in [0.25, 0.3) is 0 Å². The number of hydrogen-bond acceptors (Lipinski definition) is 4. The number of pyridine rings is 1. The van der Waals surface area contributed by atoms with Crippen LogP contribution in [0.1, 0.15) is 0 Å². The van der Waals surface area contributed by atoms with Crippen LogP contribution in [0.4, 0.5) is 5.69 Å². The molecule has 0 aromatic carbocycles. The SMILES string of the molecule is O=c1[nH]cc(Br)c(O)c1[N+](=O)[O-]. The van der Waals surface area contributed by atoms with Crippen molar-refractivity contribution in [2.24, 2.45) is 0 Å². The molecule has 0 fully saturated rings. The molecule has 0 unspecified atom stereocenters. The van der Waals surface area contributed by atoms with Crippen LogP contribution in [0.5, 0.6) is 5.75 Å². The lowest BCUT2D eigenvalue weighted by Crippen LogP contribution is -2.10. The Labute approximate surface area is 74.1 Å². The van der Waals surface area contributed by atoms with E-state index in [4.69, 9.17) is 5.11 Å². The van der Waals surface area contributed by atoms with E-state index < -0.39 is 21.9 Å². The predicted molar refractivity (Wildman–Crippen MR) is 43.1 cm³/mol. The van der Waals surface area contributed by atoms with Gasteiger partial charge in [0.25, 0.3) is 0 Å². The second kappa shape index (κ2) is 2.94. The van der Waals surface area contributed by atoms with Crippen molar-refractivity contribution in [1.82, 2.24) is 4.98 Å². The largest absolute Gasteiger partial charge is 0.501 e. The molecule has 0 radical (unpaired) electrons. The minimum absolute atomic E-state index is 0.0776. The highest BCUT2D eigenvalue weighted by Crippen LogP contribution is 2.28. The molecule has 0 bridgehead atoms. The van der Waals surface area contributed by atoms with Crippen molar-refractivity contribution < 1.29 is 10.0 Å². The van der Waals surface area contributed by atoms with E-state index in [1.807, 2.05) is 0 Å². The minimum Gasteiger partial charge on any atom is -0.501 e. The maximum absolute atomic E-state index is 10.8. The lowest BCUT2D eigenvalue weighted by molar-refractivity contribution is -0.387. The molecule has 1 heterocycles. The predicted octanol–water partition coefficient (Wildman–Crippen LogP) is 0.751. The molecule has 12 heavy (non-hydrogen) atoms. The van der Waals surface area contributed by atoms with E-state index in [9.17, 15) is 14.9 Å². The first-order chi connectivity index (χ1) is 5.54. The summed E-state index contributed by atoms with van der Waals surface area (Å²) < 4.78 is 0.0776. The number of nitrogens with one attached hydrogen (secondary N) is 1. The fourth-order valence-corrected chi connectivity index (χ4v) is 0.958. The molecule has 0 spiro atoms. The van der Waals surface area contributed by atoms with Crippen LogP contribution < -0.4 is 5.56 Å². The van der Waals surface area contributed by atoms with Crippen LogP contribution in [0, 0.1) is 10.1 Å². The third-order valence-electron chi connectivity index (χ3n) is 1.18. The lowest BCUT2D eigenvalue weighted by Gasteiger charge is -1.95. The van der Waals surface area contributed by atoms with Gasteiger partial charge in [0.2, 0.25) is 5.75 Å². The number of rotatable bonds is 1. The van der Waals surface area contributed by atoms with Crippen molar-refractivity contribution >= 4 is 21.6 Å². The number of halogens is 1. The highest BCUT2D eigenvalue weighted by molar-refractivity contribution is 9.10. The second-order valence-corrected chi connectivity index (χ2v) is 2.77. The minimum atomic E-state index is -0.946. The molecule has 2 N–H and O–H groups in total. The standard InChI is InChI=1S/C5H3BrN2O4/c6-2-1-7-5(10)3(4(2)9)8(11)12/h1H,(H2,7,9,10). The molecule has 0 atom stereocenters.